The van der Waals surface area contributed by atoms with Crippen molar-refractivity contribution in [1.82, 2.24) is 19.5 Å². The Morgan fingerprint density at radius 2 is 2.35 bits per heavy atom. The van der Waals surface area contributed by atoms with Gasteiger partial charge in [0.2, 0.25) is 0 Å². The first-order valence-corrected chi connectivity index (χ1v) is 7.93. The number of aliphatic hydroxyl groups is 1. The molecule has 1 aliphatic rings. The molecule has 3 heterocycles. The molecule has 0 amide bonds. The molecule has 1 saturated heterocycles. The summed E-state index contributed by atoms with van der Waals surface area (Å²) in [5.41, 5.74) is 5.38. The third-order valence-electron chi connectivity index (χ3n) is 3.38. The minimum Gasteiger partial charge on any atom is -0.790 e. The van der Waals surface area contributed by atoms with E-state index >= 15 is 0 Å². The molecule has 3 rings (SSSR count). The third-order valence-corrected chi connectivity index (χ3v) is 3.85. The number of nitrogens with two attached hydrogens (primary N) is 1. The summed E-state index contributed by atoms with van der Waals surface area (Å²) in [5, 5.41) is 9.89. The van der Waals surface area contributed by atoms with E-state index in [9.17, 15) is 24.3 Å². The largest absolute Gasteiger partial charge is 0.790 e. The lowest BCUT2D eigenvalue weighted by molar-refractivity contribution is -0.343. The second-order valence-corrected chi connectivity index (χ2v) is 6.11. The Labute approximate surface area is 128 Å². The van der Waals surface area contributed by atoms with Gasteiger partial charge in [0.1, 0.15) is 23.7 Å². The number of aliphatic hydroxyl groups excluding tert-OH is 1. The Morgan fingerprint density at radius 3 is 3.04 bits per heavy atom. The number of nitrogens with one attached hydrogen (secondary N) is 1. The van der Waals surface area contributed by atoms with Crippen LogP contribution in [0.1, 0.15) is 12.6 Å². The number of nitrogens with zero attached hydrogens (tertiary/aromatic N) is 3. The number of rotatable bonds is 4. The highest BCUT2D eigenvalue weighted by Gasteiger charge is 2.36. The normalized spacial score (nSPS) is 25.3. The molecule has 0 aromatic carbocycles. The van der Waals surface area contributed by atoms with Crippen LogP contribution in [0.5, 0.6) is 0 Å². The number of phosphoric acid groups is 1. The van der Waals surface area contributed by atoms with Crippen LogP contribution in [0.2, 0.25) is 0 Å². The van der Waals surface area contributed by atoms with Crippen molar-refractivity contribution in [2.75, 3.05) is 12.3 Å². The van der Waals surface area contributed by atoms with E-state index in [1.165, 1.54) is 10.9 Å². The van der Waals surface area contributed by atoms with E-state index in [2.05, 4.69) is 19.5 Å². The van der Waals surface area contributed by atoms with Gasteiger partial charge in [0, 0.05) is 6.42 Å². The van der Waals surface area contributed by atoms with E-state index in [1.807, 2.05) is 0 Å². The molecule has 2 aromatic rings. The van der Waals surface area contributed by atoms with Crippen LogP contribution in [-0.4, -0.2) is 43.4 Å². The summed E-state index contributed by atoms with van der Waals surface area (Å²) in [4.78, 5) is 42.4. The van der Waals surface area contributed by atoms with Crippen molar-refractivity contribution in [2.45, 2.75) is 24.9 Å². The highest BCUT2D eigenvalue weighted by Crippen LogP contribution is 2.33. The molecule has 0 spiro atoms. The Balaban J connectivity index is 1.84. The average molecular weight is 345 g/mol. The minimum absolute atomic E-state index is 0.0378. The Kier molecular flexibility index (Phi) is 3.96. The number of nitrogen functional groups attached to an aromatic ring is 1. The Morgan fingerprint density at radius 1 is 1.61 bits per heavy atom. The van der Waals surface area contributed by atoms with Crippen molar-refractivity contribution in [2.24, 2.45) is 0 Å². The molecule has 23 heavy (non-hydrogen) atoms. The Bertz CT molecular complexity index is 829. The van der Waals surface area contributed by atoms with E-state index in [1.54, 1.807) is 0 Å². The molecule has 0 radical (unpaired) electrons. The van der Waals surface area contributed by atoms with Gasteiger partial charge in [-0.2, -0.15) is 4.98 Å². The number of fused-ring (bicyclic) bond motifs is 1. The van der Waals surface area contributed by atoms with Crippen molar-refractivity contribution in [3.63, 3.8) is 0 Å². The van der Waals surface area contributed by atoms with E-state index < -0.39 is 38.6 Å². The van der Waals surface area contributed by atoms with Gasteiger partial charge in [0.05, 0.1) is 26.9 Å². The first-order chi connectivity index (χ1) is 10.7. The molecule has 0 bridgehead atoms. The lowest BCUT2D eigenvalue weighted by Crippen LogP contribution is -2.29. The van der Waals surface area contributed by atoms with Crippen LogP contribution >= 0.6 is 7.82 Å². The zero-order valence-corrected chi connectivity index (χ0v) is 12.4. The molecule has 0 aliphatic carbocycles. The summed E-state index contributed by atoms with van der Waals surface area (Å²) >= 11 is 0. The molecule has 1 fully saturated rings. The summed E-state index contributed by atoms with van der Waals surface area (Å²) in [6.07, 6.45) is -1.46. The van der Waals surface area contributed by atoms with Gasteiger partial charge in [-0.15, -0.1) is 0 Å². The molecule has 2 aromatic heterocycles. The Hall–Kier alpha value is -1.82. The third kappa shape index (κ3) is 3.27. The van der Waals surface area contributed by atoms with Crippen molar-refractivity contribution in [1.29, 1.82) is 0 Å². The van der Waals surface area contributed by atoms with Crippen LogP contribution in [0, 0.1) is 0 Å². The molecule has 0 saturated carbocycles. The predicted molar refractivity (Wildman–Crippen MR) is 70.7 cm³/mol. The summed E-state index contributed by atoms with van der Waals surface area (Å²) in [6.45, 7) is -0.606. The summed E-state index contributed by atoms with van der Waals surface area (Å²) in [5.74, 6) is 0.0378. The number of phosphoric ester groups is 1. The van der Waals surface area contributed by atoms with Crippen molar-refractivity contribution < 1.29 is 28.7 Å². The predicted octanol–water partition coefficient (Wildman–Crippen LogP) is -2.80. The quantitative estimate of drug-likeness (QED) is 0.487. The summed E-state index contributed by atoms with van der Waals surface area (Å²) in [7, 11) is -5.16. The van der Waals surface area contributed by atoms with Gasteiger partial charge in [0.15, 0.2) is 5.65 Å². The molecular weight excluding hydrogens is 333 g/mol. The van der Waals surface area contributed by atoms with Gasteiger partial charge < -0.3 is 34.5 Å². The zero-order chi connectivity index (χ0) is 16.8. The summed E-state index contributed by atoms with van der Waals surface area (Å²) < 4.78 is 21.5. The van der Waals surface area contributed by atoms with Gasteiger partial charge in [0.25, 0.3) is 0 Å². The molecule has 0 unspecified atom stereocenters. The summed E-state index contributed by atoms with van der Waals surface area (Å²) in [6, 6.07) is 0. The van der Waals surface area contributed by atoms with Gasteiger partial charge in [-0.1, -0.05) is 0 Å². The maximum atomic E-state index is 11.4. The standard InChI is InChI=1S/C10H14N5O7P/c11-8-7-9(14-10(17)13-8)15(3-12-7)6-1-4(16)5(22-6)2-21-23(18,19)20/h3-6,16H,1-2H2,(H2,18,19,20)(H3,11,13,14,17)/p-2/t4-,5+,6+/m0/s1. The second kappa shape index (κ2) is 5.67. The maximum absolute atomic E-state index is 11.4. The van der Waals surface area contributed by atoms with Crippen LogP contribution in [0.15, 0.2) is 11.1 Å². The van der Waals surface area contributed by atoms with Crippen LogP contribution in [-0.2, 0) is 13.8 Å². The lowest BCUT2D eigenvalue weighted by Gasteiger charge is -2.30. The molecule has 3 atom stereocenters. The fraction of sp³-hybridized carbons (Fsp3) is 0.500. The topological polar surface area (TPSA) is 191 Å². The number of H-pyrrole nitrogens is 1. The van der Waals surface area contributed by atoms with E-state index in [0.29, 0.717) is 0 Å². The van der Waals surface area contributed by atoms with Gasteiger partial charge in [-0.25, -0.2) is 9.78 Å². The van der Waals surface area contributed by atoms with Crippen LogP contribution < -0.4 is 21.2 Å². The maximum Gasteiger partial charge on any atom is 0.348 e. The van der Waals surface area contributed by atoms with E-state index in [0.717, 1.165) is 0 Å². The SMILES string of the molecule is Nc1[nH]c(=O)nc2c1ncn2[C@H]1C[C@H](O)[C@@H](COP(=O)([O-])[O-])O1. The van der Waals surface area contributed by atoms with Crippen molar-refractivity contribution in [3.8, 4) is 0 Å². The van der Waals surface area contributed by atoms with E-state index in [-0.39, 0.29) is 23.4 Å². The van der Waals surface area contributed by atoms with Crippen LogP contribution in [0.25, 0.3) is 11.2 Å². The van der Waals surface area contributed by atoms with Crippen molar-refractivity contribution >= 4 is 24.8 Å². The first kappa shape index (κ1) is 16.1. The number of hydrogen-bond acceptors (Lipinski definition) is 10. The number of aromatic amines is 1. The molecule has 126 valence electrons. The zero-order valence-electron chi connectivity index (χ0n) is 11.5. The number of imidazole rings is 1. The average Bonchev–Trinajstić information content (AvgIpc) is 2.99. The molecule has 4 N–H and O–H groups in total. The highest BCUT2D eigenvalue weighted by atomic mass is 31.2. The van der Waals surface area contributed by atoms with Gasteiger partial charge in [-0.05, 0) is 0 Å². The first-order valence-electron chi connectivity index (χ1n) is 6.47. The molecular formula is C10H12N5O7P-2. The number of anilines is 1. The molecule has 13 heteroatoms. The molecule has 12 nitrogen and oxygen atoms in total. The van der Waals surface area contributed by atoms with Crippen LogP contribution in [0.3, 0.4) is 0 Å². The lowest BCUT2D eigenvalue weighted by atomic mass is 10.2. The second-order valence-electron chi connectivity index (χ2n) is 4.95. The number of hydrogen-bond donors (Lipinski definition) is 3. The molecule has 1 aliphatic heterocycles. The fourth-order valence-electron chi connectivity index (χ4n) is 2.37. The van der Waals surface area contributed by atoms with E-state index in [4.69, 9.17) is 10.5 Å². The highest BCUT2D eigenvalue weighted by molar-refractivity contribution is 7.43. The minimum atomic E-state index is -5.16. The monoisotopic (exact) mass is 345 g/mol. The van der Waals surface area contributed by atoms with Gasteiger partial charge >= 0.3 is 5.69 Å². The van der Waals surface area contributed by atoms with Crippen LogP contribution in [0.4, 0.5) is 5.82 Å². The van der Waals surface area contributed by atoms with Crippen molar-refractivity contribution in [3.05, 3.63) is 16.8 Å². The van der Waals surface area contributed by atoms with Gasteiger partial charge in [-0.3, -0.25) is 9.55 Å². The smallest absolute Gasteiger partial charge is 0.348 e. The number of aromatic nitrogens is 4. The number of ether oxygens (including phenoxy) is 1. The fourth-order valence-corrected chi connectivity index (χ4v) is 2.69.